The maximum absolute atomic E-state index is 12.7. The van der Waals surface area contributed by atoms with E-state index in [9.17, 15) is 4.79 Å². The molecule has 6 nitrogen and oxygen atoms in total. The summed E-state index contributed by atoms with van der Waals surface area (Å²) in [6, 6.07) is 10.2. The van der Waals surface area contributed by atoms with Crippen LogP contribution in [-0.4, -0.2) is 32.7 Å². The van der Waals surface area contributed by atoms with Gasteiger partial charge in [0.25, 0.3) is 0 Å². The summed E-state index contributed by atoms with van der Waals surface area (Å²) in [4.78, 5) is 23.4. The summed E-state index contributed by atoms with van der Waals surface area (Å²) in [6.45, 7) is 1.34. The summed E-state index contributed by atoms with van der Waals surface area (Å²) in [5.74, 6) is 0. The van der Waals surface area contributed by atoms with Crippen molar-refractivity contribution >= 4 is 22.1 Å². The smallest absolute Gasteiger partial charge is 0.326 e. The maximum Gasteiger partial charge on any atom is 0.326 e. The average Bonchev–Trinajstić information content (AvgIpc) is 3.23. The molecule has 1 atom stereocenters. The van der Waals surface area contributed by atoms with Gasteiger partial charge in [0.2, 0.25) is 0 Å². The maximum atomic E-state index is 12.7. The van der Waals surface area contributed by atoms with Crippen molar-refractivity contribution in [3.8, 4) is 11.1 Å². The molecule has 1 fully saturated rings. The zero-order valence-corrected chi connectivity index (χ0v) is 13.7. The molecule has 0 aliphatic carbocycles. The van der Waals surface area contributed by atoms with Gasteiger partial charge in [-0.05, 0) is 18.4 Å². The predicted molar refractivity (Wildman–Crippen MR) is 96.7 cm³/mol. The Hall–Kier alpha value is -2.86. The van der Waals surface area contributed by atoms with Gasteiger partial charge < -0.3 is 14.7 Å². The number of aromatic amines is 2. The fourth-order valence-electron chi connectivity index (χ4n) is 3.82. The van der Waals surface area contributed by atoms with Crippen LogP contribution in [0.2, 0.25) is 0 Å². The molecule has 1 saturated heterocycles. The minimum Gasteiger partial charge on any atom is -0.379 e. The van der Waals surface area contributed by atoms with Crippen molar-refractivity contribution < 1.29 is 4.74 Å². The summed E-state index contributed by atoms with van der Waals surface area (Å²) in [5.41, 5.74) is 4.52. The van der Waals surface area contributed by atoms with Gasteiger partial charge in [0.1, 0.15) is 5.65 Å². The van der Waals surface area contributed by atoms with E-state index in [1.54, 1.807) is 6.20 Å². The molecule has 0 radical (unpaired) electrons. The quantitative estimate of drug-likeness (QED) is 0.591. The molecule has 4 heterocycles. The third-order valence-corrected chi connectivity index (χ3v) is 4.96. The highest BCUT2D eigenvalue weighted by atomic mass is 16.5. The van der Waals surface area contributed by atoms with Crippen molar-refractivity contribution in [2.45, 2.75) is 18.9 Å². The summed E-state index contributed by atoms with van der Waals surface area (Å²) in [6.07, 6.45) is 5.61. The van der Waals surface area contributed by atoms with Crippen LogP contribution in [0.3, 0.4) is 0 Å². The molecule has 126 valence electrons. The summed E-state index contributed by atoms with van der Waals surface area (Å²) in [5, 5.41) is 0.979. The van der Waals surface area contributed by atoms with Gasteiger partial charge in [-0.3, -0.25) is 4.57 Å². The normalized spacial score (nSPS) is 18.2. The summed E-state index contributed by atoms with van der Waals surface area (Å²) >= 11 is 0. The first-order chi connectivity index (χ1) is 12.3. The number of imidazole rings is 1. The zero-order chi connectivity index (χ0) is 16.8. The predicted octanol–water partition coefficient (Wildman–Crippen LogP) is 3.22. The zero-order valence-electron chi connectivity index (χ0n) is 13.7. The van der Waals surface area contributed by atoms with Crippen LogP contribution in [0.4, 0.5) is 0 Å². The third kappa shape index (κ3) is 2.21. The number of rotatable bonds is 2. The van der Waals surface area contributed by atoms with Crippen LogP contribution in [0.25, 0.3) is 33.2 Å². The molecule has 4 aromatic rings. The van der Waals surface area contributed by atoms with Gasteiger partial charge >= 0.3 is 5.69 Å². The SMILES string of the molecule is O=c1[nH]c2cnc3[nH]cc(-c4ccccc4)c3c2n1C1CCCOC1. The molecule has 25 heavy (non-hydrogen) atoms. The second-order valence-corrected chi connectivity index (χ2v) is 6.48. The fourth-order valence-corrected chi connectivity index (χ4v) is 3.82. The lowest BCUT2D eigenvalue weighted by Gasteiger charge is -2.23. The van der Waals surface area contributed by atoms with Crippen molar-refractivity contribution in [1.82, 2.24) is 19.5 Å². The molecule has 0 spiro atoms. The van der Waals surface area contributed by atoms with E-state index in [-0.39, 0.29) is 11.7 Å². The van der Waals surface area contributed by atoms with Crippen LogP contribution in [0.1, 0.15) is 18.9 Å². The molecule has 5 rings (SSSR count). The Morgan fingerprint density at radius 3 is 2.92 bits per heavy atom. The number of H-pyrrole nitrogens is 2. The minimum atomic E-state index is -0.0972. The molecule has 0 amide bonds. The van der Waals surface area contributed by atoms with Crippen LogP contribution in [0, 0.1) is 0 Å². The Kier molecular flexibility index (Phi) is 3.24. The summed E-state index contributed by atoms with van der Waals surface area (Å²) < 4.78 is 7.48. The molecule has 1 aliphatic rings. The van der Waals surface area contributed by atoms with Gasteiger partial charge in [-0.15, -0.1) is 0 Å². The Morgan fingerprint density at radius 2 is 2.12 bits per heavy atom. The number of nitrogens with zero attached hydrogens (tertiary/aromatic N) is 2. The Morgan fingerprint density at radius 1 is 1.24 bits per heavy atom. The van der Waals surface area contributed by atoms with Crippen molar-refractivity contribution in [3.05, 3.63) is 53.2 Å². The van der Waals surface area contributed by atoms with Crippen molar-refractivity contribution in [2.24, 2.45) is 0 Å². The van der Waals surface area contributed by atoms with Crippen molar-refractivity contribution in [3.63, 3.8) is 0 Å². The average molecular weight is 334 g/mol. The van der Waals surface area contributed by atoms with Crippen LogP contribution < -0.4 is 5.69 Å². The number of ether oxygens (including phenoxy) is 1. The number of pyridine rings is 1. The van der Waals surface area contributed by atoms with Crippen LogP contribution in [0.15, 0.2) is 47.5 Å². The van der Waals surface area contributed by atoms with Gasteiger partial charge in [-0.1, -0.05) is 30.3 Å². The Balaban J connectivity index is 1.85. The number of benzene rings is 1. The Labute approximate surface area is 143 Å². The highest BCUT2D eigenvalue weighted by Crippen LogP contribution is 2.34. The lowest BCUT2D eigenvalue weighted by atomic mass is 10.0. The second kappa shape index (κ2) is 5.60. The monoisotopic (exact) mass is 334 g/mol. The first-order valence-electron chi connectivity index (χ1n) is 8.56. The minimum absolute atomic E-state index is 0.0547. The number of hydrogen-bond acceptors (Lipinski definition) is 3. The van der Waals surface area contributed by atoms with Gasteiger partial charge in [0.15, 0.2) is 0 Å². The van der Waals surface area contributed by atoms with E-state index in [0.29, 0.717) is 6.61 Å². The fraction of sp³-hybridized carbons (Fsp3) is 0.263. The van der Waals surface area contributed by atoms with E-state index < -0.39 is 0 Å². The van der Waals surface area contributed by atoms with E-state index in [4.69, 9.17) is 4.74 Å². The van der Waals surface area contributed by atoms with Crippen LogP contribution in [0.5, 0.6) is 0 Å². The summed E-state index contributed by atoms with van der Waals surface area (Å²) in [7, 11) is 0. The van der Waals surface area contributed by atoms with E-state index in [1.807, 2.05) is 29.0 Å². The molecule has 3 aromatic heterocycles. The van der Waals surface area contributed by atoms with Crippen molar-refractivity contribution in [1.29, 1.82) is 0 Å². The molecule has 2 N–H and O–H groups in total. The topological polar surface area (TPSA) is 75.7 Å². The molecule has 1 aromatic carbocycles. The second-order valence-electron chi connectivity index (χ2n) is 6.48. The van der Waals surface area contributed by atoms with Gasteiger partial charge in [-0.25, -0.2) is 9.78 Å². The largest absolute Gasteiger partial charge is 0.379 e. The lowest BCUT2D eigenvalue weighted by Crippen LogP contribution is -2.28. The molecule has 0 bridgehead atoms. The highest BCUT2D eigenvalue weighted by molar-refractivity contribution is 6.09. The first-order valence-corrected chi connectivity index (χ1v) is 8.56. The van der Waals surface area contributed by atoms with E-state index in [0.717, 1.165) is 52.6 Å². The molecular formula is C19H18N4O2. The van der Waals surface area contributed by atoms with Crippen molar-refractivity contribution in [2.75, 3.05) is 13.2 Å². The molecule has 0 saturated carbocycles. The van der Waals surface area contributed by atoms with E-state index in [2.05, 4.69) is 27.1 Å². The van der Waals surface area contributed by atoms with Gasteiger partial charge in [-0.2, -0.15) is 0 Å². The van der Waals surface area contributed by atoms with Gasteiger partial charge in [0, 0.05) is 18.4 Å². The first kappa shape index (κ1) is 14.5. The van der Waals surface area contributed by atoms with E-state index >= 15 is 0 Å². The highest BCUT2D eigenvalue weighted by Gasteiger charge is 2.23. The third-order valence-electron chi connectivity index (χ3n) is 4.96. The Bertz CT molecular complexity index is 1100. The van der Waals surface area contributed by atoms with Gasteiger partial charge in [0.05, 0.1) is 35.3 Å². The number of aromatic nitrogens is 4. The number of nitrogens with one attached hydrogen (secondary N) is 2. The molecule has 1 aliphatic heterocycles. The molecule has 1 unspecified atom stereocenters. The van der Waals surface area contributed by atoms with E-state index in [1.165, 1.54) is 0 Å². The number of fused-ring (bicyclic) bond motifs is 3. The standard InChI is InChI=1S/C19H18N4O2/c24-19-22-15-10-21-18-16(14(9-20-18)12-5-2-1-3-6-12)17(15)23(19)13-7-4-8-25-11-13/h1-3,5-6,9-10,13H,4,7-8,11H2,(H,20,21)(H,22,24). The number of hydrogen-bond donors (Lipinski definition) is 2. The lowest BCUT2D eigenvalue weighted by molar-refractivity contribution is 0.0595. The molecular weight excluding hydrogens is 316 g/mol. The molecule has 6 heteroatoms. The van der Waals surface area contributed by atoms with Crippen LogP contribution in [-0.2, 0) is 4.74 Å². The van der Waals surface area contributed by atoms with Crippen LogP contribution >= 0.6 is 0 Å².